The van der Waals surface area contributed by atoms with E-state index in [9.17, 15) is 31.1 Å². The second-order valence-corrected chi connectivity index (χ2v) is 5.98. The van der Waals surface area contributed by atoms with E-state index in [1.807, 2.05) is 0 Å². The number of carbonyl (C=O) groups excluding carboxylic acids is 1. The van der Waals surface area contributed by atoms with Crippen LogP contribution in [0.25, 0.3) is 0 Å². The maximum atomic E-state index is 13.1. The first-order valence-electron chi connectivity index (χ1n) is 7.68. The Kier molecular flexibility index (Phi) is 6.45. The molecule has 0 unspecified atom stereocenters. The quantitative estimate of drug-likeness (QED) is 0.561. The number of halogens is 7. The highest BCUT2D eigenvalue weighted by molar-refractivity contribution is 6.31. The molecule has 0 aliphatic carbocycles. The van der Waals surface area contributed by atoms with E-state index in [2.05, 4.69) is 10.6 Å². The molecule has 2 amide bonds. The van der Waals surface area contributed by atoms with Crippen molar-refractivity contribution in [1.29, 1.82) is 0 Å². The zero-order chi connectivity index (χ0) is 21.1. The summed E-state index contributed by atoms with van der Waals surface area (Å²) in [5, 5.41) is 12.7. The third-order valence-electron chi connectivity index (χ3n) is 3.62. The van der Waals surface area contributed by atoms with Crippen molar-refractivity contribution in [2.75, 3.05) is 17.2 Å². The zero-order valence-electron chi connectivity index (χ0n) is 13.9. The third-order valence-corrected chi connectivity index (χ3v) is 3.95. The van der Waals surface area contributed by atoms with Gasteiger partial charge in [0.25, 0.3) is 0 Å². The highest BCUT2D eigenvalue weighted by atomic mass is 35.5. The molecule has 0 fully saturated rings. The fourth-order valence-electron chi connectivity index (χ4n) is 2.46. The Morgan fingerprint density at radius 2 is 1.61 bits per heavy atom. The standard InChI is InChI=1S/C17H13ClF6N2O2/c18-13-5-4-9(8-12(13)17(22,23)24)25-15(28)26-14-3-1-2-11(16(19,20)21)10(14)6-7-27/h1-5,8,27H,6-7H2,(H2,25,26,28). The topological polar surface area (TPSA) is 61.4 Å². The number of hydrogen-bond acceptors (Lipinski definition) is 2. The van der Waals surface area contributed by atoms with Gasteiger partial charge in [0.2, 0.25) is 0 Å². The average Bonchev–Trinajstić information content (AvgIpc) is 2.56. The number of alkyl halides is 6. The van der Waals surface area contributed by atoms with Gasteiger partial charge in [0.1, 0.15) is 0 Å². The summed E-state index contributed by atoms with van der Waals surface area (Å²) in [6.07, 6.45) is -9.85. The summed E-state index contributed by atoms with van der Waals surface area (Å²) < 4.78 is 77.9. The molecule has 11 heteroatoms. The fourth-order valence-corrected chi connectivity index (χ4v) is 2.68. The van der Waals surface area contributed by atoms with Gasteiger partial charge in [-0.05, 0) is 42.3 Å². The second kappa shape index (κ2) is 8.27. The summed E-state index contributed by atoms with van der Waals surface area (Å²) in [4.78, 5) is 12.1. The molecule has 0 aliphatic heterocycles. The Bertz CT molecular complexity index is 868. The van der Waals surface area contributed by atoms with Crippen molar-refractivity contribution in [2.45, 2.75) is 18.8 Å². The van der Waals surface area contributed by atoms with Crippen molar-refractivity contribution in [2.24, 2.45) is 0 Å². The zero-order valence-corrected chi connectivity index (χ0v) is 14.6. The molecule has 3 N–H and O–H groups in total. The highest BCUT2D eigenvalue weighted by Crippen LogP contribution is 2.37. The molecule has 0 heterocycles. The Morgan fingerprint density at radius 3 is 2.18 bits per heavy atom. The number of urea groups is 1. The first kappa shape index (κ1) is 21.8. The van der Waals surface area contributed by atoms with Crippen LogP contribution < -0.4 is 10.6 Å². The second-order valence-electron chi connectivity index (χ2n) is 5.57. The van der Waals surface area contributed by atoms with E-state index in [0.717, 1.165) is 24.3 Å². The largest absolute Gasteiger partial charge is 0.417 e. The molecule has 0 aliphatic rings. The predicted molar refractivity (Wildman–Crippen MR) is 91.3 cm³/mol. The SMILES string of the molecule is O=C(Nc1ccc(Cl)c(C(F)(F)F)c1)Nc1cccc(C(F)(F)F)c1CCO. The minimum Gasteiger partial charge on any atom is -0.396 e. The maximum Gasteiger partial charge on any atom is 0.417 e. The summed E-state index contributed by atoms with van der Waals surface area (Å²) in [7, 11) is 0. The third kappa shape index (κ3) is 5.29. The molecule has 2 rings (SSSR count). The van der Waals surface area contributed by atoms with Crippen molar-refractivity contribution in [3.8, 4) is 0 Å². The van der Waals surface area contributed by atoms with E-state index in [1.165, 1.54) is 6.07 Å². The van der Waals surface area contributed by atoms with Crippen LogP contribution in [0.1, 0.15) is 16.7 Å². The number of hydrogen-bond donors (Lipinski definition) is 3. The molecule has 0 saturated carbocycles. The first-order chi connectivity index (χ1) is 12.9. The van der Waals surface area contributed by atoms with Crippen molar-refractivity contribution in [3.05, 3.63) is 58.1 Å². The Hall–Kier alpha value is -2.46. The minimum atomic E-state index is -4.75. The molecule has 0 spiro atoms. The number of aliphatic hydroxyl groups excluding tert-OH is 1. The van der Waals surface area contributed by atoms with Gasteiger partial charge < -0.3 is 15.7 Å². The number of anilines is 2. The predicted octanol–water partition coefficient (Wildman–Crippen LogP) is 5.56. The molecular formula is C17H13ClF6N2O2. The van der Waals surface area contributed by atoms with Crippen LogP contribution in [0.5, 0.6) is 0 Å². The molecule has 0 aromatic heterocycles. The van der Waals surface area contributed by atoms with Crippen molar-refractivity contribution in [1.82, 2.24) is 0 Å². The Balaban J connectivity index is 2.27. The molecule has 0 atom stereocenters. The Morgan fingerprint density at radius 1 is 0.964 bits per heavy atom. The number of carbonyl (C=O) groups is 1. The number of aliphatic hydroxyl groups is 1. The van der Waals surface area contributed by atoms with Gasteiger partial charge in [-0.2, -0.15) is 26.3 Å². The minimum absolute atomic E-state index is 0.230. The van der Waals surface area contributed by atoms with Crippen LogP contribution in [0, 0.1) is 0 Å². The summed E-state index contributed by atoms with van der Waals surface area (Å²) in [6.45, 7) is -0.602. The fraction of sp³-hybridized carbons (Fsp3) is 0.235. The molecule has 2 aromatic carbocycles. The summed E-state index contributed by atoms with van der Waals surface area (Å²) in [6, 6.07) is 4.62. The Labute approximate surface area is 160 Å². The van der Waals surface area contributed by atoms with Crippen molar-refractivity contribution in [3.63, 3.8) is 0 Å². The highest BCUT2D eigenvalue weighted by Gasteiger charge is 2.35. The lowest BCUT2D eigenvalue weighted by atomic mass is 10.0. The average molecular weight is 427 g/mol. The van der Waals surface area contributed by atoms with Crippen molar-refractivity contribution >= 4 is 29.0 Å². The van der Waals surface area contributed by atoms with Gasteiger partial charge in [-0.25, -0.2) is 4.79 Å². The van der Waals surface area contributed by atoms with Gasteiger partial charge in [-0.3, -0.25) is 0 Å². The number of benzene rings is 2. The van der Waals surface area contributed by atoms with Crippen LogP contribution in [-0.4, -0.2) is 17.7 Å². The van der Waals surface area contributed by atoms with Gasteiger partial charge in [0.15, 0.2) is 0 Å². The van der Waals surface area contributed by atoms with Gasteiger partial charge in [-0.15, -0.1) is 0 Å². The van der Waals surface area contributed by atoms with Crippen LogP contribution in [0.3, 0.4) is 0 Å². The molecule has 152 valence electrons. The van der Waals surface area contributed by atoms with Gasteiger partial charge in [0, 0.05) is 18.0 Å². The lowest BCUT2D eigenvalue weighted by molar-refractivity contribution is -0.138. The van der Waals surface area contributed by atoms with Crippen LogP contribution in [0.15, 0.2) is 36.4 Å². The summed E-state index contributed by atoms with van der Waals surface area (Å²) in [5.74, 6) is 0. The monoisotopic (exact) mass is 426 g/mol. The van der Waals surface area contributed by atoms with E-state index in [-0.39, 0.29) is 23.4 Å². The van der Waals surface area contributed by atoms with Crippen LogP contribution in [0.2, 0.25) is 5.02 Å². The number of nitrogens with one attached hydrogen (secondary N) is 2. The first-order valence-corrected chi connectivity index (χ1v) is 8.06. The number of amides is 2. The molecule has 0 saturated heterocycles. The smallest absolute Gasteiger partial charge is 0.396 e. The normalized spacial score (nSPS) is 12.0. The molecular weight excluding hydrogens is 414 g/mol. The molecule has 28 heavy (non-hydrogen) atoms. The molecule has 0 bridgehead atoms. The molecule has 4 nitrogen and oxygen atoms in total. The van der Waals surface area contributed by atoms with E-state index >= 15 is 0 Å². The van der Waals surface area contributed by atoms with E-state index < -0.39 is 41.1 Å². The number of rotatable bonds is 4. The van der Waals surface area contributed by atoms with Gasteiger partial charge in [0.05, 0.1) is 16.1 Å². The van der Waals surface area contributed by atoms with E-state index in [0.29, 0.717) is 6.07 Å². The van der Waals surface area contributed by atoms with Gasteiger partial charge in [-0.1, -0.05) is 17.7 Å². The maximum absolute atomic E-state index is 13.1. The van der Waals surface area contributed by atoms with Crippen LogP contribution >= 0.6 is 11.6 Å². The van der Waals surface area contributed by atoms with Crippen LogP contribution in [-0.2, 0) is 18.8 Å². The van der Waals surface area contributed by atoms with Gasteiger partial charge >= 0.3 is 18.4 Å². The molecule has 0 radical (unpaired) electrons. The van der Waals surface area contributed by atoms with E-state index in [1.54, 1.807) is 0 Å². The lowest BCUT2D eigenvalue weighted by Gasteiger charge is -2.17. The summed E-state index contributed by atoms with van der Waals surface area (Å²) >= 11 is 5.48. The van der Waals surface area contributed by atoms with Crippen LogP contribution in [0.4, 0.5) is 42.5 Å². The molecule has 2 aromatic rings. The van der Waals surface area contributed by atoms with Crippen molar-refractivity contribution < 1.29 is 36.2 Å². The lowest BCUT2D eigenvalue weighted by Crippen LogP contribution is -2.22. The van der Waals surface area contributed by atoms with E-state index in [4.69, 9.17) is 16.7 Å². The summed E-state index contributed by atoms with van der Waals surface area (Å²) in [5.41, 5.74) is -3.05.